The summed E-state index contributed by atoms with van der Waals surface area (Å²) in [7, 11) is 0. The molecule has 1 fully saturated rings. The van der Waals surface area contributed by atoms with Crippen LogP contribution in [0.5, 0.6) is 0 Å². The van der Waals surface area contributed by atoms with Crippen molar-refractivity contribution in [1.29, 1.82) is 0 Å². The maximum Gasteiger partial charge on any atom is 0.252 e. The minimum atomic E-state index is 0.213. The average molecular weight is 356 g/mol. The van der Waals surface area contributed by atoms with Crippen LogP contribution in [-0.2, 0) is 17.9 Å². The molecule has 6 nitrogen and oxygen atoms in total. The summed E-state index contributed by atoms with van der Waals surface area (Å²) in [5.41, 5.74) is 0.893. The SMILES string of the molecule is c1csc(CN2CCCC(OCc3nc(-c4ccncc4)no3)C2)c1. The first-order valence-corrected chi connectivity index (χ1v) is 9.34. The van der Waals surface area contributed by atoms with Crippen molar-refractivity contribution >= 4 is 11.3 Å². The molecule has 3 aromatic heterocycles. The Bertz CT molecular complexity index is 775. The highest BCUT2D eigenvalue weighted by Gasteiger charge is 2.21. The first kappa shape index (κ1) is 16.4. The highest BCUT2D eigenvalue weighted by molar-refractivity contribution is 7.09. The summed E-state index contributed by atoms with van der Waals surface area (Å²) in [6.07, 6.45) is 5.87. The smallest absolute Gasteiger partial charge is 0.252 e. The van der Waals surface area contributed by atoms with Crippen LogP contribution in [0.3, 0.4) is 0 Å². The first-order chi connectivity index (χ1) is 12.4. The van der Waals surface area contributed by atoms with Gasteiger partial charge in [0.05, 0.1) is 6.10 Å². The van der Waals surface area contributed by atoms with Crippen molar-refractivity contribution in [1.82, 2.24) is 20.0 Å². The Morgan fingerprint density at radius 3 is 3.04 bits per heavy atom. The van der Waals surface area contributed by atoms with E-state index in [1.54, 1.807) is 12.4 Å². The van der Waals surface area contributed by atoms with Crippen LogP contribution in [0.1, 0.15) is 23.6 Å². The molecule has 1 saturated heterocycles. The summed E-state index contributed by atoms with van der Waals surface area (Å²) in [5, 5.41) is 6.14. The fraction of sp³-hybridized carbons (Fsp3) is 0.389. The van der Waals surface area contributed by atoms with Gasteiger partial charge in [-0.15, -0.1) is 11.3 Å². The molecule has 0 spiro atoms. The van der Waals surface area contributed by atoms with Crippen molar-refractivity contribution in [3.05, 3.63) is 52.8 Å². The molecular formula is C18H20N4O2S. The Balaban J connectivity index is 1.30. The second-order valence-corrected chi connectivity index (χ2v) is 7.17. The van der Waals surface area contributed by atoms with Crippen LogP contribution in [0.15, 0.2) is 46.6 Å². The molecular weight excluding hydrogens is 336 g/mol. The Hall–Kier alpha value is -2.09. The van der Waals surface area contributed by atoms with Gasteiger partial charge in [-0.2, -0.15) is 4.98 Å². The Labute approximate surface area is 150 Å². The molecule has 1 aliphatic rings. The quantitative estimate of drug-likeness (QED) is 0.675. The molecule has 1 atom stereocenters. The summed E-state index contributed by atoms with van der Waals surface area (Å²) < 4.78 is 11.3. The fourth-order valence-electron chi connectivity index (χ4n) is 3.04. The molecule has 0 bridgehead atoms. The van der Waals surface area contributed by atoms with Crippen molar-refractivity contribution in [2.75, 3.05) is 13.1 Å². The Kier molecular flexibility index (Phi) is 5.15. The number of piperidine rings is 1. The maximum absolute atomic E-state index is 6.02. The summed E-state index contributed by atoms with van der Waals surface area (Å²) in [6.45, 7) is 3.44. The molecule has 3 aromatic rings. The number of hydrogen-bond acceptors (Lipinski definition) is 7. The molecule has 1 aliphatic heterocycles. The van der Waals surface area contributed by atoms with E-state index < -0.39 is 0 Å². The van der Waals surface area contributed by atoms with E-state index in [0.29, 0.717) is 18.3 Å². The highest BCUT2D eigenvalue weighted by Crippen LogP contribution is 2.20. The molecule has 7 heteroatoms. The zero-order chi connectivity index (χ0) is 16.9. The molecule has 1 unspecified atom stereocenters. The van der Waals surface area contributed by atoms with Crippen molar-refractivity contribution < 1.29 is 9.26 Å². The van der Waals surface area contributed by atoms with Gasteiger partial charge in [-0.3, -0.25) is 9.88 Å². The third-order valence-electron chi connectivity index (χ3n) is 4.27. The van der Waals surface area contributed by atoms with Gasteiger partial charge in [-0.25, -0.2) is 0 Å². The number of nitrogens with zero attached hydrogens (tertiary/aromatic N) is 4. The van der Waals surface area contributed by atoms with Crippen LogP contribution in [0.4, 0.5) is 0 Å². The maximum atomic E-state index is 6.02. The van der Waals surface area contributed by atoms with E-state index in [4.69, 9.17) is 9.26 Å². The molecule has 0 N–H and O–H groups in total. The van der Waals surface area contributed by atoms with Crippen molar-refractivity contribution in [3.63, 3.8) is 0 Å². The van der Waals surface area contributed by atoms with Crippen LogP contribution in [0.2, 0.25) is 0 Å². The molecule has 4 heterocycles. The number of ether oxygens (including phenoxy) is 1. The van der Waals surface area contributed by atoms with E-state index in [2.05, 4.69) is 37.5 Å². The number of rotatable bonds is 6. The van der Waals surface area contributed by atoms with Gasteiger partial charge < -0.3 is 9.26 Å². The lowest BCUT2D eigenvalue weighted by Gasteiger charge is -2.32. The molecule has 4 rings (SSSR count). The fourth-order valence-corrected chi connectivity index (χ4v) is 3.78. The van der Waals surface area contributed by atoms with E-state index >= 15 is 0 Å². The minimum Gasteiger partial charge on any atom is -0.367 e. The van der Waals surface area contributed by atoms with Crippen molar-refractivity contribution in [3.8, 4) is 11.4 Å². The molecule has 0 aromatic carbocycles. The number of aromatic nitrogens is 3. The van der Waals surface area contributed by atoms with Crippen LogP contribution < -0.4 is 0 Å². The van der Waals surface area contributed by atoms with Crippen molar-refractivity contribution in [2.24, 2.45) is 0 Å². The lowest BCUT2D eigenvalue weighted by molar-refractivity contribution is -0.0208. The second-order valence-electron chi connectivity index (χ2n) is 6.14. The monoisotopic (exact) mass is 356 g/mol. The summed E-state index contributed by atoms with van der Waals surface area (Å²) in [6, 6.07) is 8.01. The first-order valence-electron chi connectivity index (χ1n) is 8.46. The van der Waals surface area contributed by atoms with Gasteiger partial charge in [-0.05, 0) is 43.0 Å². The number of hydrogen-bond donors (Lipinski definition) is 0. The van der Waals surface area contributed by atoms with E-state index in [0.717, 1.165) is 38.0 Å². The number of thiophene rings is 1. The predicted octanol–water partition coefficient (Wildman–Crippen LogP) is 3.37. The summed E-state index contributed by atoms with van der Waals surface area (Å²) in [5.74, 6) is 1.09. The lowest BCUT2D eigenvalue weighted by Crippen LogP contribution is -2.38. The standard InChI is InChI=1S/C18H20N4O2S/c1-3-15(11-22(9-1)12-16-4-2-10-25-16)23-13-17-20-18(21-24-17)14-5-7-19-8-6-14/h2,4-8,10,15H,1,3,9,11-13H2. The third kappa shape index (κ3) is 4.31. The van der Waals surface area contributed by atoms with Gasteiger partial charge in [0.25, 0.3) is 5.89 Å². The van der Waals surface area contributed by atoms with E-state index in [9.17, 15) is 0 Å². The van der Waals surface area contributed by atoms with E-state index in [1.807, 2.05) is 23.5 Å². The van der Waals surface area contributed by atoms with Gasteiger partial charge in [-0.1, -0.05) is 11.2 Å². The van der Waals surface area contributed by atoms with E-state index in [1.165, 1.54) is 4.88 Å². The van der Waals surface area contributed by atoms with Crippen molar-refractivity contribution in [2.45, 2.75) is 32.1 Å². The second kappa shape index (κ2) is 7.86. The molecule has 0 radical (unpaired) electrons. The van der Waals surface area contributed by atoms with Crippen LogP contribution in [0, 0.1) is 0 Å². The van der Waals surface area contributed by atoms with E-state index in [-0.39, 0.29) is 6.10 Å². The molecule has 0 aliphatic carbocycles. The van der Waals surface area contributed by atoms with Gasteiger partial charge >= 0.3 is 0 Å². The predicted molar refractivity (Wildman–Crippen MR) is 94.9 cm³/mol. The van der Waals surface area contributed by atoms with Crippen LogP contribution >= 0.6 is 11.3 Å². The largest absolute Gasteiger partial charge is 0.367 e. The zero-order valence-corrected chi connectivity index (χ0v) is 14.7. The Morgan fingerprint density at radius 2 is 2.20 bits per heavy atom. The number of likely N-dealkylation sites (tertiary alicyclic amines) is 1. The zero-order valence-electron chi connectivity index (χ0n) is 13.9. The molecule has 130 valence electrons. The van der Waals surface area contributed by atoms with Gasteiger partial charge in [0.1, 0.15) is 6.61 Å². The topological polar surface area (TPSA) is 64.3 Å². The lowest BCUT2D eigenvalue weighted by atomic mass is 10.1. The van der Waals surface area contributed by atoms with Gasteiger partial charge in [0.2, 0.25) is 5.82 Å². The van der Waals surface area contributed by atoms with Crippen LogP contribution in [0.25, 0.3) is 11.4 Å². The molecule has 25 heavy (non-hydrogen) atoms. The average Bonchev–Trinajstić information content (AvgIpc) is 3.33. The normalized spacial score (nSPS) is 18.5. The third-order valence-corrected chi connectivity index (χ3v) is 5.13. The van der Waals surface area contributed by atoms with Crippen LogP contribution in [-0.4, -0.2) is 39.2 Å². The minimum absolute atomic E-state index is 0.213. The summed E-state index contributed by atoms with van der Waals surface area (Å²) >= 11 is 1.81. The van der Waals surface area contributed by atoms with Gasteiger partial charge in [0.15, 0.2) is 0 Å². The summed E-state index contributed by atoms with van der Waals surface area (Å²) in [4.78, 5) is 12.3. The van der Waals surface area contributed by atoms with Gasteiger partial charge in [0, 0.05) is 35.9 Å². The highest BCUT2D eigenvalue weighted by atomic mass is 32.1. The number of pyridine rings is 1. The molecule has 0 saturated carbocycles. The molecule has 0 amide bonds. The Morgan fingerprint density at radius 1 is 1.28 bits per heavy atom.